The number of aliphatic hydroxyl groups is 1. The molecule has 0 fully saturated rings. The van der Waals surface area contributed by atoms with Crippen LogP contribution in [0.3, 0.4) is 0 Å². The third-order valence-electron chi connectivity index (χ3n) is 2.08. The fourth-order valence-corrected chi connectivity index (χ4v) is 1.32. The molecule has 1 aromatic carbocycles. The van der Waals surface area contributed by atoms with Gasteiger partial charge in [-0.25, -0.2) is 0 Å². The van der Waals surface area contributed by atoms with Crippen LogP contribution >= 0.6 is 0 Å². The van der Waals surface area contributed by atoms with E-state index in [1.807, 2.05) is 43.3 Å². The molecule has 1 N–H and O–H groups in total. The van der Waals surface area contributed by atoms with Crippen LogP contribution in [0, 0.1) is 0 Å². The Balaban J connectivity index is 2.74. The molecule has 1 aromatic rings. The number of allylic oxidation sites excluding steroid dienone is 1. The molecule has 1 nitrogen and oxygen atoms in total. The van der Waals surface area contributed by atoms with Gasteiger partial charge in [-0.15, -0.1) is 6.58 Å². The largest absolute Gasteiger partial charge is 0.389 e. The molecule has 0 radical (unpaired) electrons. The molecule has 0 aromatic heterocycles. The summed E-state index contributed by atoms with van der Waals surface area (Å²) in [5.74, 6) is 0. The van der Waals surface area contributed by atoms with Crippen molar-refractivity contribution < 1.29 is 5.11 Å². The summed E-state index contributed by atoms with van der Waals surface area (Å²) in [4.78, 5) is 0. The number of aliphatic hydroxyl groups excluding tert-OH is 1. The highest BCUT2D eigenvalue weighted by Gasteiger charge is 1.99. The van der Waals surface area contributed by atoms with E-state index in [-0.39, 0.29) is 0 Å². The first-order valence-electron chi connectivity index (χ1n) is 4.77. The van der Waals surface area contributed by atoms with Crippen LogP contribution in [0.4, 0.5) is 0 Å². The monoisotopic (exact) mass is 188 g/mol. The van der Waals surface area contributed by atoms with E-state index >= 15 is 0 Å². The van der Waals surface area contributed by atoms with Gasteiger partial charge in [-0.3, -0.25) is 0 Å². The van der Waals surface area contributed by atoms with Crippen molar-refractivity contribution in [1.82, 2.24) is 0 Å². The Kier molecular flexibility index (Phi) is 4.14. The Bertz CT molecular complexity index is 311. The Labute approximate surface area is 85.4 Å². The molecule has 1 atom stereocenters. The van der Waals surface area contributed by atoms with E-state index in [9.17, 15) is 5.11 Å². The van der Waals surface area contributed by atoms with Crippen molar-refractivity contribution in [3.8, 4) is 0 Å². The van der Waals surface area contributed by atoms with Gasteiger partial charge >= 0.3 is 0 Å². The summed E-state index contributed by atoms with van der Waals surface area (Å²) in [5.41, 5.74) is 2.25. The Morgan fingerprint density at radius 3 is 2.64 bits per heavy atom. The van der Waals surface area contributed by atoms with E-state index in [0.29, 0.717) is 6.42 Å². The van der Waals surface area contributed by atoms with Crippen LogP contribution in [-0.2, 0) is 0 Å². The van der Waals surface area contributed by atoms with Crippen molar-refractivity contribution >= 4 is 5.57 Å². The zero-order valence-electron chi connectivity index (χ0n) is 8.48. The molecule has 0 aliphatic rings. The Hall–Kier alpha value is -1.34. The molecule has 0 heterocycles. The second-order valence-corrected chi connectivity index (χ2v) is 3.31. The smallest absolute Gasteiger partial charge is 0.0760 e. The molecule has 0 aliphatic heterocycles. The summed E-state index contributed by atoms with van der Waals surface area (Å²) in [7, 11) is 0. The van der Waals surface area contributed by atoms with Crippen LogP contribution in [0.1, 0.15) is 18.9 Å². The molecule has 74 valence electrons. The lowest BCUT2D eigenvalue weighted by Crippen LogP contribution is -2.00. The highest BCUT2D eigenvalue weighted by Crippen LogP contribution is 2.14. The van der Waals surface area contributed by atoms with Crippen molar-refractivity contribution in [2.75, 3.05) is 0 Å². The van der Waals surface area contributed by atoms with Gasteiger partial charge in [-0.1, -0.05) is 42.5 Å². The van der Waals surface area contributed by atoms with Crippen LogP contribution in [0.5, 0.6) is 0 Å². The number of benzene rings is 1. The fraction of sp³-hybridized carbons (Fsp3) is 0.231. The molecule has 0 saturated carbocycles. The van der Waals surface area contributed by atoms with Gasteiger partial charge in [-0.05, 0) is 24.5 Å². The van der Waals surface area contributed by atoms with Gasteiger partial charge in [0.25, 0.3) is 0 Å². The lowest BCUT2D eigenvalue weighted by atomic mass is 10.1. The predicted molar refractivity (Wildman–Crippen MR) is 60.9 cm³/mol. The average molecular weight is 188 g/mol. The van der Waals surface area contributed by atoms with E-state index in [1.165, 1.54) is 0 Å². The van der Waals surface area contributed by atoms with Gasteiger partial charge in [0.15, 0.2) is 0 Å². The second-order valence-electron chi connectivity index (χ2n) is 3.31. The normalized spacial score (nSPS) is 13.7. The van der Waals surface area contributed by atoms with Crippen molar-refractivity contribution in [1.29, 1.82) is 0 Å². The van der Waals surface area contributed by atoms with Gasteiger partial charge in [0.05, 0.1) is 6.10 Å². The van der Waals surface area contributed by atoms with Gasteiger partial charge in [-0.2, -0.15) is 0 Å². The second kappa shape index (κ2) is 5.40. The summed E-state index contributed by atoms with van der Waals surface area (Å²) in [6.07, 6.45) is 3.76. The minimum Gasteiger partial charge on any atom is -0.389 e. The van der Waals surface area contributed by atoms with Crippen molar-refractivity contribution in [3.63, 3.8) is 0 Å². The molecule has 0 unspecified atom stereocenters. The molecule has 1 rings (SSSR count). The molecule has 0 spiro atoms. The van der Waals surface area contributed by atoms with Gasteiger partial charge < -0.3 is 5.11 Å². The highest BCUT2D eigenvalue weighted by molar-refractivity contribution is 5.63. The van der Waals surface area contributed by atoms with Crippen molar-refractivity contribution in [2.24, 2.45) is 0 Å². The standard InChI is InChI=1S/C13H16O/c1-3-7-13(14)10-11(2)12-8-5-4-6-9-12/h3-6,8-10,13-14H,1,7H2,2H3/b11-10+/t13-/m0/s1. The quantitative estimate of drug-likeness (QED) is 0.720. The van der Waals surface area contributed by atoms with Crippen molar-refractivity contribution in [2.45, 2.75) is 19.4 Å². The minimum absolute atomic E-state index is 0.423. The maximum atomic E-state index is 9.53. The molecule has 0 aliphatic carbocycles. The number of hydrogen-bond donors (Lipinski definition) is 1. The van der Waals surface area contributed by atoms with E-state index in [4.69, 9.17) is 0 Å². The van der Waals surface area contributed by atoms with Crippen LogP contribution in [-0.4, -0.2) is 11.2 Å². The van der Waals surface area contributed by atoms with E-state index in [1.54, 1.807) is 6.08 Å². The first-order valence-corrected chi connectivity index (χ1v) is 4.77. The zero-order valence-corrected chi connectivity index (χ0v) is 8.48. The average Bonchev–Trinajstić information content (AvgIpc) is 2.19. The van der Waals surface area contributed by atoms with E-state index < -0.39 is 6.10 Å². The summed E-state index contributed by atoms with van der Waals surface area (Å²) < 4.78 is 0. The fourth-order valence-electron chi connectivity index (χ4n) is 1.32. The molecule has 0 bridgehead atoms. The lowest BCUT2D eigenvalue weighted by Gasteiger charge is -2.05. The maximum Gasteiger partial charge on any atom is 0.0760 e. The van der Waals surface area contributed by atoms with E-state index in [2.05, 4.69) is 6.58 Å². The van der Waals surface area contributed by atoms with E-state index in [0.717, 1.165) is 11.1 Å². The molecule has 0 amide bonds. The Morgan fingerprint density at radius 2 is 2.07 bits per heavy atom. The zero-order chi connectivity index (χ0) is 10.4. The first-order chi connectivity index (χ1) is 6.74. The Morgan fingerprint density at radius 1 is 1.43 bits per heavy atom. The molecule has 0 saturated heterocycles. The molecular weight excluding hydrogens is 172 g/mol. The van der Waals surface area contributed by atoms with Crippen molar-refractivity contribution in [3.05, 3.63) is 54.6 Å². The van der Waals surface area contributed by atoms with Crippen LogP contribution in [0.25, 0.3) is 5.57 Å². The lowest BCUT2D eigenvalue weighted by molar-refractivity contribution is 0.227. The van der Waals surface area contributed by atoms with Gasteiger partial charge in [0, 0.05) is 0 Å². The summed E-state index contributed by atoms with van der Waals surface area (Å²) in [5, 5.41) is 9.53. The van der Waals surface area contributed by atoms with Gasteiger partial charge in [0.2, 0.25) is 0 Å². The predicted octanol–water partition coefficient (Wildman–Crippen LogP) is 3.03. The maximum absolute atomic E-state index is 9.53. The molecule has 1 heteroatoms. The summed E-state index contributed by atoms with van der Waals surface area (Å²) >= 11 is 0. The minimum atomic E-state index is -0.423. The molecular formula is C13H16O. The van der Waals surface area contributed by atoms with Crippen LogP contribution in [0.15, 0.2) is 49.1 Å². The molecule has 14 heavy (non-hydrogen) atoms. The highest BCUT2D eigenvalue weighted by atomic mass is 16.3. The van der Waals surface area contributed by atoms with Gasteiger partial charge in [0.1, 0.15) is 0 Å². The summed E-state index contributed by atoms with van der Waals surface area (Å²) in [6.45, 7) is 5.59. The number of rotatable bonds is 4. The number of hydrogen-bond acceptors (Lipinski definition) is 1. The SMILES string of the molecule is C=CC[C@H](O)/C=C(\C)c1ccccc1. The van der Waals surface area contributed by atoms with Crippen LogP contribution in [0.2, 0.25) is 0 Å². The van der Waals surface area contributed by atoms with Crippen LogP contribution < -0.4 is 0 Å². The third kappa shape index (κ3) is 3.19. The topological polar surface area (TPSA) is 20.2 Å². The third-order valence-corrected chi connectivity index (χ3v) is 2.08. The summed E-state index contributed by atoms with van der Waals surface area (Å²) in [6, 6.07) is 10.0. The first kappa shape index (κ1) is 10.7.